The Bertz CT molecular complexity index is 1310. The van der Waals surface area contributed by atoms with Crippen molar-refractivity contribution in [3.05, 3.63) is 94.1 Å². The monoisotopic (exact) mass is 535 g/mol. The van der Waals surface area contributed by atoms with Crippen molar-refractivity contribution in [1.82, 2.24) is 4.57 Å². The molecule has 1 aromatic heterocycles. The van der Waals surface area contributed by atoms with Crippen LogP contribution in [0.1, 0.15) is 34.5 Å². The van der Waals surface area contributed by atoms with Crippen LogP contribution in [0.2, 0.25) is 0 Å². The van der Waals surface area contributed by atoms with E-state index in [0.717, 1.165) is 38.9 Å². The molecule has 4 aromatic rings. The summed E-state index contributed by atoms with van der Waals surface area (Å²) < 4.78 is 4.34. The first-order valence-corrected chi connectivity index (χ1v) is 13.3. The number of rotatable bonds is 9. The molecule has 0 bridgehead atoms. The molecular weight excluding hydrogens is 504 g/mol. The summed E-state index contributed by atoms with van der Waals surface area (Å²) in [4.78, 5) is 15.2. The van der Waals surface area contributed by atoms with Gasteiger partial charge in [-0.1, -0.05) is 76.2 Å². The van der Waals surface area contributed by atoms with Gasteiger partial charge in [0.15, 0.2) is 5.78 Å². The predicted octanol–water partition coefficient (Wildman–Crippen LogP) is 7.58. The van der Waals surface area contributed by atoms with E-state index in [1.165, 1.54) is 27.1 Å². The van der Waals surface area contributed by atoms with Crippen LogP contribution in [0.5, 0.6) is 0 Å². The fraction of sp³-hybridized carbons (Fsp3) is 0.276. The van der Waals surface area contributed by atoms with Crippen LogP contribution in [0.25, 0.3) is 10.9 Å². The van der Waals surface area contributed by atoms with Gasteiger partial charge in [-0.2, -0.15) is 0 Å². The first-order chi connectivity index (χ1) is 16.2. The number of benzene rings is 3. The van der Waals surface area contributed by atoms with E-state index in [9.17, 15) is 4.79 Å². The summed E-state index contributed by atoms with van der Waals surface area (Å²) >= 11 is 5.40. The number of hydrogen-bond acceptors (Lipinski definition) is 2. The van der Waals surface area contributed by atoms with Gasteiger partial charge in [-0.25, -0.2) is 0 Å². The zero-order valence-electron chi connectivity index (χ0n) is 20.3. The Labute approximate surface area is 215 Å². The van der Waals surface area contributed by atoms with E-state index in [4.69, 9.17) is 0 Å². The quantitative estimate of drug-likeness (QED) is 0.163. The number of ketones is 1. The highest BCUT2D eigenvalue weighted by atomic mass is 79.9. The van der Waals surface area contributed by atoms with E-state index >= 15 is 0 Å². The Morgan fingerprint density at radius 3 is 2.47 bits per heavy atom. The summed E-state index contributed by atoms with van der Waals surface area (Å²) in [6, 6.07) is 25.2. The van der Waals surface area contributed by atoms with E-state index in [1.807, 2.05) is 12.1 Å². The van der Waals surface area contributed by atoms with Gasteiger partial charge in [0.2, 0.25) is 0 Å². The van der Waals surface area contributed by atoms with Gasteiger partial charge in [0.1, 0.15) is 0 Å². The first-order valence-electron chi connectivity index (χ1n) is 11.6. The molecule has 0 aliphatic heterocycles. The highest BCUT2D eigenvalue weighted by Crippen LogP contribution is 2.39. The number of fused-ring (bicyclic) bond motifs is 1. The van der Waals surface area contributed by atoms with Gasteiger partial charge in [-0.05, 0) is 36.8 Å². The Balaban J connectivity index is 1.62. The van der Waals surface area contributed by atoms with E-state index in [0.29, 0.717) is 6.42 Å². The topological polar surface area (TPSA) is 22.0 Å². The van der Waals surface area contributed by atoms with Crippen LogP contribution in [0.15, 0.2) is 87.1 Å². The van der Waals surface area contributed by atoms with Gasteiger partial charge in [0.05, 0.1) is 33.2 Å². The number of nitrogens with zero attached hydrogens (tertiary/aromatic N) is 2. The van der Waals surface area contributed by atoms with Crippen molar-refractivity contribution < 1.29 is 9.28 Å². The van der Waals surface area contributed by atoms with Crippen LogP contribution in [-0.2, 0) is 6.54 Å². The van der Waals surface area contributed by atoms with E-state index < -0.39 is 0 Å². The smallest absolute Gasteiger partial charge is 0.163 e. The molecule has 0 amide bonds. The van der Waals surface area contributed by atoms with Crippen LogP contribution in [-0.4, -0.2) is 42.5 Å². The van der Waals surface area contributed by atoms with Crippen molar-refractivity contribution in [3.8, 4) is 0 Å². The summed E-state index contributed by atoms with van der Waals surface area (Å²) in [6.45, 7) is 4.01. The number of halogens is 1. The summed E-state index contributed by atoms with van der Waals surface area (Å²) in [5.74, 6) is 0.225. The molecule has 0 fully saturated rings. The van der Waals surface area contributed by atoms with Crippen LogP contribution in [0, 0.1) is 6.92 Å². The third-order valence-corrected chi connectivity index (χ3v) is 7.72. The molecule has 0 aliphatic rings. The maximum absolute atomic E-state index is 12.8. The molecule has 0 N–H and O–H groups in total. The van der Waals surface area contributed by atoms with E-state index in [1.54, 1.807) is 11.8 Å². The fourth-order valence-corrected chi connectivity index (χ4v) is 5.68. The summed E-state index contributed by atoms with van der Waals surface area (Å²) in [6.07, 6.45) is 1.49. The van der Waals surface area contributed by atoms with Gasteiger partial charge in [-0.15, -0.1) is 0 Å². The SMILES string of the molecule is Cc1c(Sc2cccc(C(=O)CCC[N+](C)(C)C)c2)c2ccc(Br)cc2n1Cc1ccccc1. The molecule has 0 atom stereocenters. The summed E-state index contributed by atoms with van der Waals surface area (Å²) in [5, 5.41) is 1.24. The molecule has 3 nitrogen and oxygen atoms in total. The van der Waals surface area contributed by atoms with Gasteiger partial charge in [0.25, 0.3) is 0 Å². The second kappa shape index (κ2) is 10.5. The second-order valence-electron chi connectivity index (χ2n) is 9.82. The Kier molecular flexibility index (Phi) is 7.66. The normalized spacial score (nSPS) is 11.8. The number of carbonyl (C=O) groups is 1. The van der Waals surface area contributed by atoms with Crippen molar-refractivity contribution in [3.63, 3.8) is 0 Å². The number of aromatic nitrogens is 1. The minimum absolute atomic E-state index is 0.225. The largest absolute Gasteiger partial charge is 0.339 e. The average molecular weight is 537 g/mol. The van der Waals surface area contributed by atoms with Crippen LogP contribution >= 0.6 is 27.7 Å². The summed E-state index contributed by atoms with van der Waals surface area (Å²) in [5.41, 5.74) is 4.53. The standard InChI is InChI=1S/C29H32BrN2OS/c1-21-29(34-25-13-8-12-23(18-25)28(33)14-9-17-32(2,3)4)26-16-15-24(30)19-27(26)31(21)20-22-10-6-5-7-11-22/h5-8,10-13,15-16,18-19H,9,14,17,20H2,1-4H3/q+1. The predicted molar refractivity (Wildman–Crippen MR) is 147 cm³/mol. The van der Waals surface area contributed by atoms with Crippen LogP contribution in [0.3, 0.4) is 0 Å². The lowest BCUT2D eigenvalue weighted by Crippen LogP contribution is -2.35. The second-order valence-corrected chi connectivity index (χ2v) is 11.8. The Morgan fingerprint density at radius 1 is 0.971 bits per heavy atom. The lowest BCUT2D eigenvalue weighted by molar-refractivity contribution is -0.870. The van der Waals surface area contributed by atoms with Crippen molar-refractivity contribution in [2.45, 2.75) is 36.1 Å². The van der Waals surface area contributed by atoms with Gasteiger partial charge in [0, 0.05) is 50.3 Å². The molecule has 3 aromatic carbocycles. The lowest BCUT2D eigenvalue weighted by Gasteiger charge is -2.23. The molecule has 0 radical (unpaired) electrons. The molecule has 5 heteroatoms. The third kappa shape index (κ3) is 6.01. The highest BCUT2D eigenvalue weighted by Gasteiger charge is 2.17. The summed E-state index contributed by atoms with van der Waals surface area (Å²) in [7, 11) is 6.49. The van der Waals surface area contributed by atoms with Crippen LogP contribution in [0.4, 0.5) is 0 Å². The number of hydrogen-bond donors (Lipinski definition) is 0. The lowest BCUT2D eigenvalue weighted by atomic mass is 10.1. The highest BCUT2D eigenvalue weighted by molar-refractivity contribution is 9.10. The maximum Gasteiger partial charge on any atom is 0.163 e. The third-order valence-electron chi connectivity index (χ3n) is 6.02. The molecule has 0 spiro atoms. The molecule has 4 rings (SSSR count). The average Bonchev–Trinajstić information content (AvgIpc) is 3.04. The molecule has 176 valence electrons. The number of Topliss-reactive ketones (excluding diaryl/α,β-unsaturated/α-hetero) is 1. The number of carbonyl (C=O) groups excluding carboxylic acids is 1. The van der Waals surface area contributed by atoms with Crippen molar-refractivity contribution in [2.75, 3.05) is 27.7 Å². The van der Waals surface area contributed by atoms with Crippen molar-refractivity contribution >= 4 is 44.4 Å². The van der Waals surface area contributed by atoms with Gasteiger partial charge in [-0.3, -0.25) is 4.79 Å². The first kappa shape index (κ1) is 24.8. The zero-order chi connectivity index (χ0) is 24.3. The Hall–Kier alpha value is -2.34. The van der Waals surface area contributed by atoms with Gasteiger partial charge >= 0.3 is 0 Å². The molecular formula is C29H32BrN2OS+. The maximum atomic E-state index is 12.8. The minimum Gasteiger partial charge on any atom is -0.339 e. The van der Waals surface area contributed by atoms with E-state index in [2.05, 4.69) is 109 Å². The number of quaternary nitrogens is 1. The fourth-order valence-electron chi connectivity index (χ4n) is 4.23. The van der Waals surface area contributed by atoms with Crippen LogP contribution < -0.4 is 0 Å². The molecule has 0 unspecified atom stereocenters. The minimum atomic E-state index is 0.225. The molecule has 0 saturated heterocycles. The van der Waals surface area contributed by atoms with Gasteiger partial charge < -0.3 is 9.05 Å². The molecule has 1 heterocycles. The van der Waals surface area contributed by atoms with Crippen molar-refractivity contribution in [2.24, 2.45) is 0 Å². The molecule has 0 aliphatic carbocycles. The Morgan fingerprint density at radius 2 is 1.74 bits per heavy atom. The molecule has 0 saturated carbocycles. The van der Waals surface area contributed by atoms with Crippen molar-refractivity contribution in [1.29, 1.82) is 0 Å². The zero-order valence-corrected chi connectivity index (χ0v) is 22.7. The van der Waals surface area contributed by atoms with E-state index in [-0.39, 0.29) is 5.78 Å². The molecule has 34 heavy (non-hydrogen) atoms.